The van der Waals surface area contributed by atoms with E-state index in [2.05, 4.69) is 15.1 Å². The molecule has 0 bridgehead atoms. The Hall–Kier alpha value is -4.54. The average Bonchev–Trinajstić information content (AvgIpc) is 3.21. The topological polar surface area (TPSA) is 107 Å². The summed E-state index contributed by atoms with van der Waals surface area (Å²) in [6, 6.07) is 11.0. The summed E-state index contributed by atoms with van der Waals surface area (Å²) in [5, 5.41) is 4.41. The first-order valence-corrected chi connectivity index (χ1v) is 9.82. The molecule has 0 aliphatic carbocycles. The van der Waals surface area contributed by atoms with E-state index in [-0.39, 0.29) is 32.9 Å². The van der Waals surface area contributed by atoms with Gasteiger partial charge in [-0.15, -0.1) is 0 Å². The van der Waals surface area contributed by atoms with E-state index in [9.17, 15) is 27.2 Å². The zero-order valence-electron chi connectivity index (χ0n) is 17.0. The number of hydrogen-bond donors (Lipinski definition) is 2. The number of aromatic nitrogens is 4. The number of H-pyrrole nitrogens is 1. The van der Waals surface area contributed by atoms with Crippen LogP contribution >= 0.6 is 0 Å². The Balaban J connectivity index is 1.88. The number of halogens is 4. The van der Waals surface area contributed by atoms with Gasteiger partial charge >= 0.3 is 6.18 Å². The van der Waals surface area contributed by atoms with Crippen molar-refractivity contribution in [2.45, 2.75) is 6.18 Å². The van der Waals surface area contributed by atoms with Crippen molar-refractivity contribution in [2.24, 2.45) is 5.73 Å². The van der Waals surface area contributed by atoms with Gasteiger partial charge in [-0.2, -0.15) is 18.3 Å². The fraction of sp³-hybridized carbons (Fsp3) is 0.0435. The molecule has 0 aliphatic rings. The summed E-state index contributed by atoms with van der Waals surface area (Å²) >= 11 is 0. The van der Waals surface area contributed by atoms with Gasteiger partial charge in [-0.3, -0.25) is 14.6 Å². The lowest BCUT2D eigenvalue weighted by Gasteiger charge is -2.13. The zero-order chi connectivity index (χ0) is 24.2. The minimum atomic E-state index is -5.05. The molecule has 0 fully saturated rings. The third-order valence-corrected chi connectivity index (χ3v) is 5.37. The van der Waals surface area contributed by atoms with Gasteiger partial charge in [-0.25, -0.2) is 9.07 Å². The van der Waals surface area contributed by atoms with Gasteiger partial charge in [0.05, 0.1) is 16.8 Å². The van der Waals surface area contributed by atoms with Crippen LogP contribution in [0.3, 0.4) is 0 Å². The highest BCUT2D eigenvalue weighted by molar-refractivity contribution is 6.01. The van der Waals surface area contributed by atoms with Crippen LogP contribution in [0, 0.1) is 5.82 Å². The van der Waals surface area contributed by atoms with Gasteiger partial charge in [0.1, 0.15) is 11.5 Å². The van der Waals surface area contributed by atoms with Gasteiger partial charge in [0.15, 0.2) is 5.69 Å². The van der Waals surface area contributed by atoms with E-state index in [1.807, 2.05) is 0 Å². The molecule has 34 heavy (non-hydrogen) atoms. The number of carbonyl (C=O) groups excluding carboxylic acids is 1. The lowest BCUT2D eigenvalue weighted by Crippen LogP contribution is -2.21. The van der Waals surface area contributed by atoms with Crippen LogP contribution in [-0.2, 0) is 6.18 Å². The second-order valence-corrected chi connectivity index (χ2v) is 7.42. The summed E-state index contributed by atoms with van der Waals surface area (Å²) in [6.45, 7) is 0. The van der Waals surface area contributed by atoms with Crippen molar-refractivity contribution in [3.8, 4) is 16.9 Å². The Bertz CT molecular complexity index is 1670. The summed E-state index contributed by atoms with van der Waals surface area (Å²) < 4.78 is 57.7. The second kappa shape index (κ2) is 7.51. The Kier molecular flexibility index (Phi) is 4.71. The Morgan fingerprint density at radius 1 is 1.03 bits per heavy atom. The Morgan fingerprint density at radius 2 is 1.79 bits per heavy atom. The highest BCUT2D eigenvalue weighted by atomic mass is 19.4. The number of pyridine rings is 2. The standard InChI is InChI=1S/C23H13F4N5O2/c24-15-4-2-5-16-14(15)9-11(10-30-16)19-18(21(28)33)20(23(25,26)27)32(31-19)17-6-1-3-13-12(17)7-8-29-22(13)34/h1-10H,(H2,28,33)(H,29,34). The number of nitrogens with one attached hydrogen (secondary N) is 1. The van der Waals surface area contributed by atoms with Crippen molar-refractivity contribution in [3.63, 3.8) is 0 Å². The maximum Gasteiger partial charge on any atom is 0.434 e. The number of aromatic amines is 1. The molecule has 5 rings (SSSR count). The lowest BCUT2D eigenvalue weighted by atomic mass is 10.0. The largest absolute Gasteiger partial charge is 0.434 e. The van der Waals surface area contributed by atoms with Crippen molar-refractivity contribution in [1.29, 1.82) is 0 Å². The number of primary amides is 1. The van der Waals surface area contributed by atoms with Crippen molar-refractivity contribution in [2.75, 3.05) is 0 Å². The van der Waals surface area contributed by atoms with E-state index in [1.165, 1.54) is 60.9 Å². The third-order valence-electron chi connectivity index (χ3n) is 5.37. The first-order valence-electron chi connectivity index (χ1n) is 9.82. The summed E-state index contributed by atoms with van der Waals surface area (Å²) in [6.07, 6.45) is -2.57. The number of benzene rings is 2. The molecule has 0 saturated carbocycles. The van der Waals surface area contributed by atoms with E-state index >= 15 is 0 Å². The first-order chi connectivity index (χ1) is 16.2. The van der Waals surface area contributed by atoms with E-state index < -0.39 is 40.4 Å². The molecule has 3 aromatic heterocycles. The molecule has 2 aromatic carbocycles. The van der Waals surface area contributed by atoms with Crippen LogP contribution in [-0.4, -0.2) is 25.7 Å². The van der Waals surface area contributed by atoms with Crippen molar-refractivity contribution in [1.82, 2.24) is 19.7 Å². The van der Waals surface area contributed by atoms with Gasteiger partial charge < -0.3 is 10.7 Å². The molecule has 0 atom stereocenters. The summed E-state index contributed by atoms with van der Waals surface area (Å²) in [5.74, 6) is -2.02. The van der Waals surface area contributed by atoms with E-state index in [0.29, 0.717) is 4.68 Å². The molecule has 0 saturated heterocycles. The van der Waals surface area contributed by atoms with E-state index in [0.717, 1.165) is 0 Å². The van der Waals surface area contributed by atoms with Crippen molar-refractivity contribution in [3.05, 3.63) is 88.4 Å². The normalized spacial score (nSPS) is 11.9. The summed E-state index contributed by atoms with van der Waals surface area (Å²) in [5.41, 5.74) is 2.28. The second-order valence-electron chi connectivity index (χ2n) is 7.42. The highest BCUT2D eigenvalue weighted by Gasteiger charge is 2.42. The number of rotatable bonds is 3. The monoisotopic (exact) mass is 467 g/mol. The molecule has 0 aliphatic heterocycles. The third kappa shape index (κ3) is 3.29. The molecule has 0 spiro atoms. The smallest absolute Gasteiger partial charge is 0.365 e. The Labute approximate surface area is 187 Å². The minimum Gasteiger partial charge on any atom is -0.365 e. The van der Waals surface area contributed by atoms with E-state index in [1.54, 1.807) is 0 Å². The van der Waals surface area contributed by atoms with Crippen LogP contribution in [0.1, 0.15) is 16.1 Å². The summed E-state index contributed by atoms with van der Waals surface area (Å²) in [7, 11) is 0. The molecule has 7 nitrogen and oxygen atoms in total. The molecular weight excluding hydrogens is 454 g/mol. The van der Waals surface area contributed by atoms with Crippen LogP contribution in [0.15, 0.2) is 65.7 Å². The lowest BCUT2D eigenvalue weighted by molar-refractivity contribution is -0.143. The quantitative estimate of drug-likeness (QED) is 0.388. The molecule has 3 heterocycles. The van der Waals surface area contributed by atoms with Crippen LogP contribution in [0.4, 0.5) is 17.6 Å². The molecule has 170 valence electrons. The van der Waals surface area contributed by atoms with Gasteiger partial charge in [0.2, 0.25) is 0 Å². The predicted octanol–water partition coefficient (Wildman–Crippen LogP) is 4.19. The predicted molar refractivity (Wildman–Crippen MR) is 116 cm³/mol. The minimum absolute atomic E-state index is 0.0336. The van der Waals surface area contributed by atoms with Crippen molar-refractivity contribution < 1.29 is 22.4 Å². The van der Waals surface area contributed by atoms with E-state index in [4.69, 9.17) is 5.73 Å². The average molecular weight is 467 g/mol. The molecule has 0 unspecified atom stereocenters. The maximum atomic E-state index is 14.3. The van der Waals surface area contributed by atoms with Crippen LogP contribution < -0.4 is 11.3 Å². The molecule has 11 heteroatoms. The van der Waals surface area contributed by atoms with Gasteiger partial charge in [-0.05, 0) is 36.4 Å². The number of nitrogens with zero attached hydrogens (tertiary/aromatic N) is 3. The molecular formula is C23H13F4N5O2. The van der Waals surface area contributed by atoms with Crippen LogP contribution in [0.5, 0.6) is 0 Å². The van der Waals surface area contributed by atoms with Gasteiger partial charge in [-0.1, -0.05) is 12.1 Å². The fourth-order valence-electron chi connectivity index (χ4n) is 3.92. The molecule has 1 amide bonds. The summed E-state index contributed by atoms with van der Waals surface area (Å²) in [4.78, 5) is 31.0. The molecule has 0 radical (unpaired) electrons. The highest BCUT2D eigenvalue weighted by Crippen LogP contribution is 2.39. The van der Waals surface area contributed by atoms with Crippen LogP contribution in [0.25, 0.3) is 38.6 Å². The van der Waals surface area contributed by atoms with Crippen LogP contribution in [0.2, 0.25) is 0 Å². The number of nitrogens with two attached hydrogens (primary N) is 1. The number of alkyl halides is 3. The molecule has 3 N–H and O–H groups in total. The van der Waals surface area contributed by atoms with Crippen molar-refractivity contribution >= 4 is 27.6 Å². The van der Waals surface area contributed by atoms with Gasteiger partial charge in [0, 0.05) is 34.1 Å². The Morgan fingerprint density at radius 3 is 2.53 bits per heavy atom. The zero-order valence-corrected chi connectivity index (χ0v) is 17.0. The fourth-order valence-corrected chi connectivity index (χ4v) is 3.92. The number of hydrogen-bond acceptors (Lipinski definition) is 4. The van der Waals surface area contributed by atoms with Gasteiger partial charge in [0.25, 0.3) is 11.5 Å². The first kappa shape index (κ1) is 21.3. The maximum absolute atomic E-state index is 14.3. The number of fused-ring (bicyclic) bond motifs is 2. The molecule has 5 aromatic rings. The SMILES string of the molecule is NC(=O)c1c(-c2cnc3cccc(F)c3c2)nn(-c2cccc3c(=O)[nH]ccc23)c1C(F)(F)F. The number of amides is 1. The number of carbonyl (C=O) groups is 1.